The van der Waals surface area contributed by atoms with E-state index in [1.165, 1.54) is 0 Å². The zero-order valence-electron chi connectivity index (χ0n) is 18.2. The third kappa shape index (κ3) is 4.48. The zero-order chi connectivity index (χ0) is 22.5. The lowest BCUT2D eigenvalue weighted by Crippen LogP contribution is -2.13. The van der Waals surface area contributed by atoms with Crippen LogP contribution in [-0.4, -0.2) is 39.8 Å². The molecule has 2 heterocycles. The molecule has 2 aromatic heterocycles. The topological polar surface area (TPSA) is 74.1 Å². The summed E-state index contributed by atoms with van der Waals surface area (Å²) in [6.45, 7) is 1.06. The Kier molecular flexibility index (Phi) is 5.84. The fourth-order valence-corrected chi connectivity index (χ4v) is 3.53. The van der Waals surface area contributed by atoms with Crippen LogP contribution < -0.4 is 14.8 Å². The maximum Gasteiger partial charge on any atom is 0.170 e. The molecule has 0 bridgehead atoms. The van der Waals surface area contributed by atoms with Crippen molar-refractivity contribution in [2.45, 2.75) is 0 Å². The van der Waals surface area contributed by atoms with E-state index in [1.807, 2.05) is 89.5 Å². The normalized spacial score (nSPS) is 10.8. The first-order valence-corrected chi connectivity index (χ1v) is 10.7. The van der Waals surface area contributed by atoms with Gasteiger partial charge in [0.25, 0.3) is 0 Å². The molecule has 0 saturated carbocycles. The molecule has 7 nitrogen and oxygen atoms in total. The number of ether oxygens (including phenoxy) is 2. The first-order chi connectivity index (χ1) is 16.3. The number of para-hydroxylation sites is 2. The number of hydrogen-bond donors (Lipinski definition) is 1. The second-order valence-electron chi connectivity index (χ2n) is 7.33. The number of aromatic nitrogens is 4. The van der Waals surface area contributed by atoms with E-state index in [2.05, 4.69) is 10.3 Å². The van der Waals surface area contributed by atoms with E-state index in [0.29, 0.717) is 30.3 Å². The van der Waals surface area contributed by atoms with E-state index >= 15 is 0 Å². The minimum atomic E-state index is 0.493. The number of imidazole rings is 1. The highest BCUT2D eigenvalue weighted by molar-refractivity contribution is 5.86. The first-order valence-electron chi connectivity index (χ1n) is 10.7. The van der Waals surface area contributed by atoms with Crippen molar-refractivity contribution in [1.82, 2.24) is 19.5 Å². The molecule has 1 N–H and O–H groups in total. The van der Waals surface area contributed by atoms with Crippen LogP contribution in [0.15, 0.2) is 91.3 Å². The third-order valence-corrected chi connectivity index (χ3v) is 5.19. The SMILES string of the molecule is COc1ccc(-c2nc(NCCOc3ccccc3)c3ncn(-c4ccccc4)c3n2)cc1. The molecule has 0 fully saturated rings. The molecule has 0 unspecified atom stereocenters. The Morgan fingerprint density at radius 2 is 1.55 bits per heavy atom. The van der Waals surface area contributed by atoms with Crippen LogP contribution in [0.25, 0.3) is 28.2 Å². The maximum atomic E-state index is 5.81. The molecule has 3 aromatic carbocycles. The van der Waals surface area contributed by atoms with E-state index in [9.17, 15) is 0 Å². The fourth-order valence-electron chi connectivity index (χ4n) is 3.53. The summed E-state index contributed by atoms with van der Waals surface area (Å²) in [5.41, 5.74) is 3.31. The van der Waals surface area contributed by atoms with Crippen molar-refractivity contribution in [3.8, 4) is 28.6 Å². The molecule has 0 aliphatic rings. The average molecular weight is 438 g/mol. The number of methoxy groups -OCH3 is 1. The monoisotopic (exact) mass is 437 g/mol. The molecular formula is C26H23N5O2. The molecule has 0 aliphatic carbocycles. The van der Waals surface area contributed by atoms with Gasteiger partial charge in [-0.15, -0.1) is 0 Å². The standard InChI is InChI=1S/C26H23N5O2/c1-32-21-14-12-19(13-15-21)24-29-25(27-16-17-33-22-10-6-3-7-11-22)23-26(30-24)31(18-28-23)20-8-4-2-5-9-20/h2-15,18H,16-17H2,1H3,(H,27,29,30). The predicted octanol–water partition coefficient (Wildman–Crippen LogP) is 4.98. The Morgan fingerprint density at radius 1 is 0.818 bits per heavy atom. The summed E-state index contributed by atoms with van der Waals surface area (Å²) < 4.78 is 13.1. The van der Waals surface area contributed by atoms with Crippen molar-refractivity contribution in [3.05, 3.63) is 91.3 Å². The molecule has 5 aromatic rings. The summed E-state index contributed by atoms with van der Waals surface area (Å²) in [4.78, 5) is 14.2. The van der Waals surface area contributed by atoms with Crippen molar-refractivity contribution in [3.63, 3.8) is 0 Å². The van der Waals surface area contributed by atoms with Gasteiger partial charge in [-0.25, -0.2) is 15.0 Å². The summed E-state index contributed by atoms with van der Waals surface area (Å²) in [5, 5.41) is 3.38. The van der Waals surface area contributed by atoms with Crippen LogP contribution in [0.2, 0.25) is 0 Å². The summed E-state index contributed by atoms with van der Waals surface area (Å²) in [7, 11) is 1.65. The first kappa shape index (κ1) is 20.5. The van der Waals surface area contributed by atoms with Gasteiger partial charge in [0.05, 0.1) is 13.7 Å². The van der Waals surface area contributed by atoms with E-state index < -0.39 is 0 Å². The largest absolute Gasteiger partial charge is 0.497 e. The van der Waals surface area contributed by atoms with Crippen molar-refractivity contribution in [1.29, 1.82) is 0 Å². The highest BCUT2D eigenvalue weighted by Crippen LogP contribution is 2.27. The highest BCUT2D eigenvalue weighted by atomic mass is 16.5. The van der Waals surface area contributed by atoms with E-state index in [1.54, 1.807) is 13.4 Å². The number of anilines is 1. The van der Waals surface area contributed by atoms with Gasteiger partial charge in [-0.3, -0.25) is 4.57 Å². The smallest absolute Gasteiger partial charge is 0.170 e. The van der Waals surface area contributed by atoms with Crippen LogP contribution >= 0.6 is 0 Å². The Balaban J connectivity index is 1.48. The van der Waals surface area contributed by atoms with Crippen LogP contribution in [0.1, 0.15) is 0 Å². The van der Waals surface area contributed by atoms with Gasteiger partial charge in [0, 0.05) is 11.3 Å². The van der Waals surface area contributed by atoms with Crippen molar-refractivity contribution >= 4 is 17.0 Å². The number of fused-ring (bicyclic) bond motifs is 1. The minimum absolute atomic E-state index is 0.493. The van der Waals surface area contributed by atoms with Gasteiger partial charge in [0.1, 0.15) is 24.4 Å². The Bertz CT molecular complexity index is 1340. The van der Waals surface area contributed by atoms with Gasteiger partial charge in [-0.1, -0.05) is 36.4 Å². The number of benzene rings is 3. The number of hydrogen-bond acceptors (Lipinski definition) is 6. The number of nitrogens with zero attached hydrogens (tertiary/aromatic N) is 4. The average Bonchev–Trinajstić information content (AvgIpc) is 3.32. The lowest BCUT2D eigenvalue weighted by molar-refractivity contribution is 0.333. The van der Waals surface area contributed by atoms with Crippen LogP contribution in [0, 0.1) is 0 Å². The summed E-state index contributed by atoms with van der Waals surface area (Å²) in [6.07, 6.45) is 1.78. The fraction of sp³-hybridized carbons (Fsp3) is 0.115. The second-order valence-corrected chi connectivity index (χ2v) is 7.33. The Labute approximate surface area is 191 Å². The lowest BCUT2D eigenvalue weighted by atomic mass is 10.2. The second kappa shape index (κ2) is 9.40. The van der Waals surface area contributed by atoms with Gasteiger partial charge in [-0.2, -0.15) is 0 Å². The predicted molar refractivity (Wildman–Crippen MR) is 129 cm³/mol. The molecule has 164 valence electrons. The lowest BCUT2D eigenvalue weighted by Gasteiger charge is -2.11. The maximum absolute atomic E-state index is 5.81. The van der Waals surface area contributed by atoms with Gasteiger partial charge in [-0.05, 0) is 48.5 Å². The zero-order valence-corrected chi connectivity index (χ0v) is 18.2. The van der Waals surface area contributed by atoms with E-state index in [4.69, 9.17) is 19.4 Å². The summed E-state index contributed by atoms with van der Waals surface area (Å²) in [5.74, 6) is 2.89. The van der Waals surface area contributed by atoms with Gasteiger partial charge in [0.2, 0.25) is 0 Å². The molecule has 0 saturated heterocycles. The molecule has 0 amide bonds. The number of nitrogens with one attached hydrogen (secondary N) is 1. The molecule has 0 aliphatic heterocycles. The van der Waals surface area contributed by atoms with Gasteiger partial charge >= 0.3 is 0 Å². The quantitative estimate of drug-likeness (QED) is 0.345. The van der Waals surface area contributed by atoms with E-state index in [-0.39, 0.29) is 0 Å². The molecular weight excluding hydrogens is 414 g/mol. The Morgan fingerprint density at radius 3 is 2.27 bits per heavy atom. The Hall–Kier alpha value is -4.39. The number of rotatable bonds is 8. The van der Waals surface area contributed by atoms with Gasteiger partial charge < -0.3 is 14.8 Å². The van der Waals surface area contributed by atoms with Crippen LogP contribution in [0.3, 0.4) is 0 Å². The molecule has 0 atom stereocenters. The highest BCUT2D eigenvalue weighted by Gasteiger charge is 2.15. The third-order valence-electron chi connectivity index (χ3n) is 5.19. The molecule has 5 rings (SSSR count). The van der Waals surface area contributed by atoms with Crippen LogP contribution in [-0.2, 0) is 0 Å². The molecule has 33 heavy (non-hydrogen) atoms. The van der Waals surface area contributed by atoms with Gasteiger partial charge in [0.15, 0.2) is 22.8 Å². The van der Waals surface area contributed by atoms with Crippen molar-refractivity contribution in [2.75, 3.05) is 25.6 Å². The summed E-state index contributed by atoms with van der Waals surface area (Å²) in [6, 6.07) is 27.5. The molecule has 7 heteroatoms. The summed E-state index contributed by atoms with van der Waals surface area (Å²) >= 11 is 0. The van der Waals surface area contributed by atoms with Crippen LogP contribution in [0.4, 0.5) is 5.82 Å². The van der Waals surface area contributed by atoms with Crippen LogP contribution in [0.5, 0.6) is 11.5 Å². The molecule has 0 radical (unpaired) electrons. The molecule has 0 spiro atoms. The van der Waals surface area contributed by atoms with E-state index in [0.717, 1.165) is 28.4 Å². The van der Waals surface area contributed by atoms with Crippen molar-refractivity contribution in [2.24, 2.45) is 0 Å². The van der Waals surface area contributed by atoms with Crippen molar-refractivity contribution < 1.29 is 9.47 Å². The minimum Gasteiger partial charge on any atom is -0.497 e.